The van der Waals surface area contributed by atoms with Crippen LogP contribution in [0.4, 0.5) is 18.9 Å². The lowest BCUT2D eigenvalue weighted by Gasteiger charge is -2.31. The Morgan fingerprint density at radius 2 is 1.69 bits per heavy atom. The first kappa shape index (κ1) is 21.6. The van der Waals surface area contributed by atoms with E-state index in [1.54, 1.807) is 29.2 Å². The van der Waals surface area contributed by atoms with Crippen molar-refractivity contribution in [2.75, 3.05) is 18.4 Å². The van der Waals surface area contributed by atoms with E-state index in [0.717, 1.165) is 16.6 Å². The largest absolute Gasteiger partial charge is 0.417 e. The highest BCUT2D eigenvalue weighted by Gasteiger charge is 2.34. The highest BCUT2D eigenvalue weighted by atomic mass is 79.9. The van der Waals surface area contributed by atoms with Gasteiger partial charge in [0.05, 0.1) is 10.6 Å². The first-order valence-corrected chi connectivity index (χ1v) is 10.0. The van der Waals surface area contributed by atoms with Crippen molar-refractivity contribution in [1.82, 2.24) is 4.90 Å². The van der Waals surface area contributed by atoms with Crippen molar-refractivity contribution < 1.29 is 22.8 Å². The summed E-state index contributed by atoms with van der Waals surface area (Å²) in [7, 11) is 0. The van der Waals surface area contributed by atoms with Crippen molar-refractivity contribution in [3.05, 3.63) is 63.1 Å². The Hall–Kier alpha value is -2.06. The Balaban J connectivity index is 1.59. The molecule has 1 saturated heterocycles. The minimum atomic E-state index is -4.60. The molecule has 0 aromatic heterocycles. The number of likely N-dealkylation sites (tertiary alicyclic amines) is 1. The number of carbonyl (C=O) groups is 2. The zero-order valence-corrected chi connectivity index (χ0v) is 17.4. The molecule has 0 spiro atoms. The van der Waals surface area contributed by atoms with Crippen LogP contribution in [0.1, 0.15) is 28.8 Å². The number of rotatable bonds is 3. The maximum Gasteiger partial charge on any atom is 0.417 e. The van der Waals surface area contributed by atoms with Gasteiger partial charge in [0.1, 0.15) is 0 Å². The third-order valence-corrected chi connectivity index (χ3v) is 5.64. The van der Waals surface area contributed by atoms with Crippen molar-refractivity contribution >= 4 is 45.0 Å². The highest BCUT2D eigenvalue weighted by molar-refractivity contribution is 9.10. The van der Waals surface area contributed by atoms with Crippen molar-refractivity contribution in [1.29, 1.82) is 0 Å². The first-order valence-electron chi connectivity index (χ1n) is 8.87. The van der Waals surface area contributed by atoms with Gasteiger partial charge < -0.3 is 10.2 Å². The number of alkyl halides is 3. The fourth-order valence-corrected chi connectivity index (χ4v) is 3.67. The van der Waals surface area contributed by atoms with E-state index >= 15 is 0 Å². The van der Waals surface area contributed by atoms with Crippen LogP contribution >= 0.6 is 27.5 Å². The number of hydrogen-bond acceptors (Lipinski definition) is 2. The lowest BCUT2D eigenvalue weighted by Crippen LogP contribution is -2.41. The number of anilines is 1. The van der Waals surface area contributed by atoms with E-state index in [-0.39, 0.29) is 23.4 Å². The number of amides is 2. The monoisotopic (exact) mass is 488 g/mol. The molecule has 1 aliphatic rings. The van der Waals surface area contributed by atoms with E-state index in [0.29, 0.717) is 31.5 Å². The third kappa shape index (κ3) is 5.30. The average Bonchev–Trinajstić information content (AvgIpc) is 2.68. The van der Waals surface area contributed by atoms with Gasteiger partial charge in [-0.25, -0.2) is 0 Å². The van der Waals surface area contributed by atoms with Crippen molar-refractivity contribution in [2.45, 2.75) is 19.0 Å². The molecule has 2 aromatic rings. The number of hydrogen-bond donors (Lipinski definition) is 1. The molecule has 3 rings (SSSR count). The van der Waals surface area contributed by atoms with Gasteiger partial charge >= 0.3 is 6.18 Å². The molecular weight excluding hydrogens is 473 g/mol. The van der Waals surface area contributed by atoms with Crippen LogP contribution in [0.15, 0.2) is 46.9 Å². The SMILES string of the molecule is O=C(Nc1ccc(Cl)c(C(F)(F)F)c1)C1CCN(C(=O)c2ccc(Br)cc2)CC1. The summed E-state index contributed by atoms with van der Waals surface area (Å²) in [6.45, 7) is 0.808. The van der Waals surface area contributed by atoms with E-state index in [1.807, 2.05) is 0 Å². The Labute approximate surface area is 179 Å². The summed E-state index contributed by atoms with van der Waals surface area (Å²) in [6, 6.07) is 10.3. The number of nitrogens with one attached hydrogen (secondary N) is 1. The summed E-state index contributed by atoms with van der Waals surface area (Å²) >= 11 is 8.92. The second kappa shape index (κ2) is 8.75. The standard InChI is InChI=1S/C20H17BrClF3N2O2/c21-14-3-1-13(2-4-14)19(29)27-9-7-12(8-10-27)18(28)26-15-5-6-17(22)16(11-15)20(23,24)25/h1-6,11-12H,7-10H2,(H,26,28). The molecule has 2 amide bonds. The molecule has 154 valence electrons. The maximum atomic E-state index is 13.0. The van der Waals surface area contributed by atoms with E-state index in [4.69, 9.17) is 11.6 Å². The smallest absolute Gasteiger partial charge is 0.339 e. The fraction of sp³-hybridized carbons (Fsp3) is 0.300. The van der Waals surface area contributed by atoms with Crippen LogP contribution in [0.3, 0.4) is 0 Å². The van der Waals surface area contributed by atoms with E-state index in [2.05, 4.69) is 21.2 Å². The highest BCUT2D eigenvalue weighted by Crippen LogP contribution is 2.36. The molecule has 0 aliphatic carbocycles. The summed E-state index contributed by atoms with van der Waals surface area (Å²) in [6.07, 6.45) is -3.72. The molecule has 0 saturated carbocycles. The van der Waals surface area contributed by atoms with Gasteiger partial charge in [-0.15, -0.1) is 0 Å². The summed E-state index contributed by atoms with van der Waals surface area (Å²) < 4.78 is 39.8. The van der Waals surface area contributed by atoms with Gasteiger partial charge in [-0.05, 0) is 55.3 Å². The zero-order chi connectivity index (χ0) is 21.2. The number of piperidine rings is 1. The van der Waals surface area contributed by atoms with Crippen LogP contribution in [-0.4, -0.2) is 29.8 Å². The van der Waals surface area contributed by atoms with Gasteiger partial charge in [-0.3, -0.25) is 9.59 Å². The second-order valence-corrected chi connectivity index (χ2v) is 8.08. The topological polar surface area (TPSA) is 49.4 Å². The van der Waals surface area contributed by atoms with Crippen LogP contribution in [0.25, 0.3) is 0 Å². The summed E-state index contributed by atoms with van der Waals surface area (Å²) in [4.78, 5) is 26.7. The van der Waals surface area contributed by atoms with Gasteiger partial charge in [0.25, 0.3) is 5.91 Å². The van der Waals surface area contributed by atoms with E-state index in [9.17, 15) is 22.8 Å². The zero-order valence-electron chi connectivity index (χ0n) is 15.1. The minimum Gasteiger partial charge on any atom is -0.339 e. The Kier molecular flexibility index (Phi) is 6.53. The van der Waals surface area contributed by atoms with Gasteiger partial charge in [-0.2, -0.15) is 13.2 Å². The molecule has 4 nitrogen and oxygen atoms in total. The molecule has 0 radical (unpaired) electrons. The minimum absolute atomic E-state index is 0.0418. The fourth-order valence-electron chi connectivity index (χ4n) is 3.18. The predicted molar refractivity (Wildman–Crippen MR) is 108 cm³/mol. The number of benzene rings is 2. The van der Waals surface area contributed by atoms with Crippen LogP contribution < -0.4 is 5.32 Å². The van der Waals surface area contributed by atoms with E-state index in [1.165, 1.54) is 6.07 Å². The summed E-state index contributed by atoms with van der Waals surface area (Å²) in [5, 5.41) is 2.11. The predicted octanol–water partition coefficient (Wildman–Crippen LogP) is 5.61. The normalized spacial score (nSPS) is 15.3. The molecule has 29 heavy (non-hydrogen) atoms. The number of nitrogens with zero attached hydrogens (tertiary/aromatic N) is 1. The molecule has 1 fully saturated rings. The van der Waals surface area contributed by atoms with Crippen LogP contribution in [0.5, 0.6) is 0 Å². The molecule has 0 bridgehead atoms. The van der Waals surface area contributed by atoms with Gasteiger partial charge in [0.2, 0.25) is 5.91 Å². The van der Waals surface area contributed by atoms with Gasteiger partial charge in [-0.1, -0.05) is 27.5 Å². The van der Waals surface area contributed by atoms with Gasteiger partial charge in [0.15, 0.2) is 0 Å². The molecule has 1 heterocycles. The average molecular weight is 490 g/mol. The number of carbonyl (C=O) groups excluding carboxylic acids is 2. The van der Waals surface area contributed by atoms with Crippen molar-refractivity contribution in [2.24, 2.45) is 5.92 Å². The second-order valence-electron chi connectivity index (χ2n) is 6.76. The van der Waals surface area contributed by atoms with Crippen LogP contribution in [0, 0.1) is 5.92 Å². The maximum absolute atomic E-state index is 13.0. The first-order chi connectivity index (χ1) is 13.6. The van der Waals surface area contributed by atoms with Crippen molar-refractivity contribution in [3.63, 3.8) is 0 Å². The van der Waals surface area contributed by atoms with Gasteiger partial charge in [0, 0.05) is 34.7 Å². The third-order valence-electron chi connectivity index (χ3n) is 4.78. The molecule has 1 aliphatic heterocycles. The number of halogens is 5. The van der Waals surface area contributed by atoms with E-state index < -0.39 is 16.8 Å². The van der Waals surface area contributed by atoms with Crippen molar-refractivity contribution in [3.8, 4) is 0 Å². The van der Waals surface area contributed by atoms with Crippen LogP contribution in [-0.2, 0) is 11.0 Å². The summed E-state index contributed by atoms with van der Waals surface area (Å²) in [5.74, 6) is -0.853. The Morgan fingerprint density at radius 1 is 1.07 bits per heavy atom. The molecule has 2 aromatic carbocycles. The lowest BCUT2D eigenvalue weighted by molar-refractivity contribution is -0.137. The molecule has 0 unspecified atom stereocenters. The van der Waals surface area contributed by atoms with Crippen LogP contribution in [0.2, 0.25) is 5.02 Å². The lowest BCUT2D eigenvalue weighted by atomic mass is 9.95. The molecule has 9 heteroatoms. The summed E-state index contributed by atoms with van der Waals surface area (Å²) in [5.41, 5.74) is -0.385. The Bertz CT molecular complexity index is 911. The molecule has 0 atom stereocenters. The quantitative estimate of drug-likeness (QED) is 0.609. The Morgan fingerprint density at radius 3 is 2.28 bits per heavy atom. The molecular formula is C20H17BrClF3N2O2. The molecule has 1 N–H and O–H groups in total.